The zero-order valence-electron chi connectivity index (χ0n) is 22.5. The van der Waals surface area contributed by atoms with Crippen LogP contribution in [0.5, 0.6) is 0 Å². The Morgan fingerprint density at radius 3 is 1.63 bits per heavy atom. The van der Waals surface area contributed by atoms with E-state index in [9.17, 15) is 66.4 Å². The molecule has 19 atom stereocenters. The van der Waals surface area contributed by atoms with Gasteiger partial charge >= 0.3 is 0 Å². The molecule has 0 aromatic rings. The van der Waals surface area contributed by atoms with Crippen LogP contribution in [0.3, 0.4) is 0 Å². The molecule has 1 unspecified atom stereocenters. The predicted octanol–water partition coefficient (Wildman–Crippen LogP) is -9.11. The summed E-state index contributed by atoms with van der Waals surface area (Å²) in [5, 5.41) is 132. The molecule has 20 nitrogen and oxygen atoms in total. The van der Waals surface area contributed by atoms with E-state index in [1.807, 2.05) is 0 Å². The molecule has 4 heterocycles. The monoisotopic (exact) mass is 636 g/mol. The third-order valence-electron chi connectivity index (χ3n) is 7.82. The van der Waals surface area contributed by atoms with Gasteiger partial charge in [-0.1, -0.05) is 0 Å². The summed E-state index contributed by atoms with van der Waals surface area (Å²) in [4.78, 5) is 0. The molecule has 0 bridgehead atoms. The van der Waals surface area contributed by atoms with Crippen LogP contribution in [-0.2, 0) is 33.2 Å². The van der Waals surface area contributed by atoms with E-state index in [0.717, 1.165) is 0 Å². The Labute approximate surface area is 243 Å². The van der Waals surface area contributed by atoms with Gasteiger partial charge in [0.1, 0.15) is 91.6 Å². The molecule has 4 rings (SSSR count). The highest BCUT2D eigenvalue weighted by atomic mass is 16.8. The van der Waals surface area contributed by atoms with Crippen LogP contribution >= 0.6 is 0 Å². The lowest BCUT2D eigenvalue weighted by molar-refractivity contribution is -0.376. The quantitative estimate of drug-likeness (QED) is 0.112. The minimum Gasteiger partial charge on any atom is -0.394 e. The van der Waals surface area contributed by atoms with Gasteiger partial charge in [0, 0.05) is 0 Å². The van der Waals surface area contributed by atoms with Gasteiger partial charge in [0.05, 0.1) is 26.4 Å². The molecule has 0 aliphatic carbocycles. The fourth-order valence-corrected chi connectivity index (χ4v) is 5.11. The van der Waals surface area contributed by atoms with E-state index in [0.29, 0.717) is 0 Å². The van der Waals surface area contributed by atoms with Gasteiger partial charge < -0.3 is 99.5 Å². The lowest BCUT2D eigenvalue weighted by Gasteiger charge is -2.47. The van der Waals surface area contributed by atoms with Gasteiger partial charge in [0.2, 0.25) is 0 Å². The second-order valence-electron chi connectivity index (χ2n) is 10.7. The van der Waals surface area contributed by atoms with Crippen molar-refractivity contribution in [3.05, 3.63) is 0 Å². The lowest BCUT2D eigenvalue weighted by Crippen LogP contribution is -2.66. The van der Waals surface area contributed by atoms with Gasteiger partial charge in [-0.25, -0.2) is 0 Å². The Kier molecular flexibility index (Phi) is 12.0. The maximum absolute atomic E-state index is 10.9. The maximum Gasteiger partial charge on any atom is 0.187 e. The third-order valence-corrected chi connectivity index (χ3v) is 7.82. The molecule has 4 fully saturated rings. The topological polar surface area (TPSA) is 328 Å². The fourth-order valence-electron chi connectivity index (χ4n) is 5.11. The van der Waals surface area contributed by atoms with Crippen LogP contribution in [0.4, 0.5) is 0 Å². The Morgan fingerprint density at radius 2 is 1.00 bits per heavy atom. The SMILES string of the molecule is OC[C@H]1O[C@H](OC[C@H]2O[C@H](O[C@@H]3[C@@H](O)[C@@H](O[C@@H]4COC(O)[C@H](O)[C@H]4O)O[C@H](CO)[C@H]3O)[C@H](O)[C@@H](O)[C@@H]2O)[C@H](O)[C@@H](O)[C@@H]1O. The van der Waals surface area contributed by atoms with Crippen molar-refractivity contribution in [2.24, 2.45) is 0 Å². The summed E-state index contributed by atoms with van der Waals surface area (Å²) >= 11 is 0. The van der Waals surface area contributed by atoms with E-state index in [4.69, 9.17) is 33.2 Å². The maximum atomic E-state index is 10.9. The fraction of sp³-hybridized carbons (Fsp3) is 1.00. The second-order valence-corrected chi connectivity index (χ2v) is 10.7. The Bertz CT molecular complexity index is 869. The standard InChI is InChI=1S/C23H40O20/c24-1-5-9(26)13(30)16(33)21(39-5)38-4-8-10(27)14(31)17(34)22(41-8)43-19-12(29)6(2-25)40-23(18(19)35)42-7-3-37-20(36)15(32)11(7)28/h5-36H,1-4H2/t5-,6-,7-,8-,9-,10-,11+,12-,13+,14+,15-,16-,17-,18-,19+,20?,21+,22-,23-/m1/s1. The summed E-state index contributed by atoms with van der Waals surface area (Å²) in [6.07, 6.45) is -32.5. The first-order valence-electron chi connectivity index (χ1n) is 13.5. The molecular formula is C23H40O20. The molecule has 0 aromatic carbocycles. The van der Waals surface area contributed by atoms with Gasteiger partial charge in [-0.3, -0.25) is 0 Å². The summed E-state index contributed by atoms with van der Waals surface area (Å²) < 4.78 is 37.4. The Hall–Kier alpha value is -0.800. The molecule has 0 spiro atoms. The van der Waals surface area contributed by atoms with E-state index in [-0.39, 0.29) is 0 Å². The van der Waals surface area contributed by atoms with Crippen molar-refractivity contribution >= 4 is 0 Å². The zero-order chi connectivity index (χ0) is 31.7. The van der Waals surface area contributed by atoms with Crippen LogP contribution in [0.2, 0.25) is 0 Å². The van der Waals surface area contributed by atoms with Crippen LogP contribution in [0, 0.1) is 0 Å². The molecule has 0 aromatic heterocycles. The molecule has 0 amide bonds. The number of rotatable bonds is 9. The van der Waals surface area contributed by atoms with Gasteiger partial charge in [0.25, 0.3) is 0 Å². The largest absolute Gasteiger partial charge is 0.394 e. The smallest absolute Gasteiger partial charge is 0.187 e. The molecule has 0 saturated carbocycles. The van der Waals surface area contributed by atoms with E-state index >= 15 is 0 Å². The van der Waals surface area contributed by atoms with E-state index < -0.39 is 143 Å². The molecule has 4 saturated heterocycles. The second kappa shape index (κ2) is 14.7. The number of hydrogen-bond donors (Lipinski definition) is 13. The molecule has 4 aliphatic heterocycles. The molecule has 20 heteroatoms. The van der Waals surface area contributed by atoms with Crippen molar-refractivity contribution in [1.29, 1.82) is 0 Å². The Balaban J connectivity index is 1.43. The zero-order valence-corrected chi connectivity index (χ0v) is 22.5. The van der Waals surface area contributed by atoms with Gasteiger partial charge in [-0.2, -0.15) is 0 Å². The number of aliphatic hydroxyl groups is 13. The summed E-state index contributed by atoms with van der Waals surface area (Å²) in [5.74, 6) is 0. The predicted molar refractivity (Wildman–Crippen MR) is 128 cm³/mol. The van der Waals surface area contributed by atoms with E-state index in [2.05, 4.69) is 0 Å². The van der Waals surface area contributed by atoms with Crippen molar-refractivity contribution in [1.82, 2.24) is 0 Å². The molecular weight excluding hydrogens is 596 g/mol. The van der Waals surface area contributed by atoms with Gasteiger partial charge in [-0.15, -0.1) is 0 Å². The van der Waals surface area contributed by atoms with Crippen LogP contribution in [0.25, 0.3) is 0 Å². The number of ether oxygens (including phenoxy) is 7. The van der Waals surface area contributed by atoms with Crippen molar-refractivity contribution < 1.29 is 99.5 Å². The average Bonchev–Trinajstić information content (AvgIpc) is 2.99. The molecule has 13 N–H and O–H groups in total. The summed E-state index contributed by atoms with van der Waals surface area (Å²) in [5.41, 5.74) is 0. The number of hydrogen-bond acceptors (Lipinski definition) is 20. The normalized spacial score (nSPS) is 53.1. The third kappa shape index (κ3) is 7.29. The van der Waals surface area contributed by atoms with Crippen LogP contribution in [-0.4, -0.2) is 210 Å². The van der Waals surface area contributed by atoms with Crippen molar-refractivity contribution in [2.75, 3.05) is 26.4 Å². The summed E-state index contributed by atoms with van der Waals surface area (Å²) in [6.45, 7) is -2.69. The van der Waals surface area contributed by atoms with Gasteiger partial charge in [-0.05, 0) is 0 Å². The van der Waals surface area contributed by atoms with E-state index in [1.165, 1.54) is 0 Å². The van der Waals surface area contributed by atoms with Gasteiger partial charge in [0.15, 0.2) is 25.2 Å². The highest BCUT2D eigenvalue weighted by Crippen LogP contribution is 2.32. The highest BCUT2D eigenvalue weighted by molar-refractivity contribution is 4.96. The molecule has 43 heavy (non-hydrogen) atoms. The Morgan fingerprint density at radius 1 is 0.488 bits per heavy atom. The van der Waals surface area contributed by atoms with Crippen molar-refractivity contribution in [3.8, 4) is 0 Å². The first kappa shape index (κ1) is 35.1. The van der Waals surface area contributed by atoms with Crippen LogP contribution < -0.4 is 0 Å². The first-order chi connectivity index (χ1) is 20.3. The molecule has 4 aliphatic rings. The molecule has 252 valence electrons. The van der Waals surface area contributed by atoms with Crippen molar-refractivity contribution in [3.63, 3.8) is 0 Å². The highest BCUT2D eigenvalue weighted by Gasteiger charge is 2.53. The number of aliphatic hydroxyl groups excluding tert-OH is 13. The first-order valence-corrected chi connectivity index (χ1v) is 13.5. The minimum absolute atomic E-state index is 0.450. The lowest BCUT2D eigenvalue weighted by atomic mass is 9.96. The van der Waals surface area contributed by atoms with E-state index in [1.54, 1.807) is 0 Å². The minimum atomic E-state index is -1.97. The summed E-state index contributed by atoms with van der Waals surface area (Å²) in [6, 6.07) is 0. The summed E-state index contributed by atoms with van der Waals surface area (Å²) in [7, 11) is 0. The van der Waals surface area contributed by atoms with Crippen LogP contribution in [0.1, 0.15) is 0 Å². The molecule has 0 radical (unpaired) electrons. The average molecular weight is 637 g/mol. The van der Waals surface area contributed by atoms with Crippen LogP contribution in [0.15, 0.2) is 0 Å². The van der Waals surface area contributed by atoms with Crippen molar-refractivity contribution in [2.45, 2.75) is 117 Å².